The minimum Gasteiger partial charge on any atom is -0.376 e. The maximum atomic E-state index is 12.4. The van der Waals surface area contributed by atoms with Crippen LogP contribution in [0.15, 0.2) is 24.3 Å². The smallest absolute Gasteiger partial charge is 0.227 e. The lowest BCUT2D eigenvalue weighted by Gasteiger charge is -2.27. The number of carbonyl (C=O) groups is 1. The maximum Gasteiger partial charge on any atom is 0.227 e. The van der Waals surface area contributed by atoms with Gasteiger partial charge in [-0.1, -0.05) is 12.1 Å². The van der Waals surface area contributed by atoms with Gasteiger partial charge in [-0.25, -0.2) is 0 Å². The Labute approximate surface area is 157 Å². The lowest BCUT2D eigenvalue weighted by atomic mass is 9.92. The SMILES string of the molecule is CC(C)OCCOCc1cccc(NC(=O)[C@H]2CCN[C@@H](C)C2)c1.Cl. The molecule has 1 aromatic rings. The van der Waals surface area contributed by atoms with E-state index in [0.717, 1.165) is 30.6 Å². The summed E-state index contributed by atoms with van der Waals surface area (Å²) in [7, 11) is 0. The van der Waals surface area contributed by atoms with Crippen molar-refractivity contribution in [3.63, 3.8) is 0 Å². The van der Waals surface area contributed by atoms with E-state index < -0.39 is 0 Å². The average molecular weight is 371 g/mol. The lowest BCUT2D eigenvalue weighted by molar-refractivity contribution is -0.120. The van der Waals surface area contributed by atoms with Crippen molar-refractivity contribution < 1.29 is 14.3 Å². The quantitative estimate of drug-likeness (QED) is 0.689. The number of halogens is 1. The molecule has 0 aliphatic carbocycles. The number of anilines is 1. The molecule has 1 amide bonds. The molecule has 0 spiro atoms. The first kappa shape index (κ1) is 21.9. The van der Waals surface area contributed by atoms with Crippen molar-refractivity contribution >= 4 is 24.0 Å². The van der Waals surface area contributed by atoms with E-state index in [-0.39, 0.29) is 30.3 Å². The van der Waals surface area contributed by atoms with Crippen molar-refractivity contribution in [1.29, 1.82) is 0 Å². The van der Waals surface area contributed by atoms with Gasteiger partial charge in [-0.2, -0.15) is 0 Å². The molecule has 1 aromatic carbocycles. The largest absolute Gasteiger partial charge is 0.376 e. The first-order valence-corrected chi connectivity index (χ1v) is 8.87. The second-order valence-corrected chi connectivity index (χ2v) is 6.74. The third kappa shape index (κ3) is 8.19. The van der Waals surface area contributed by atoms with Crippen LogP contribution in [0, 0.1) is 5.92 Å². The van der Waals surface area contributed by atoms with E-state index in [1.54, 1.807) is 0 Å². The number of hydrogen-bond donors (Lipinski definition) is 2. The monoisotopic (exact) mass is 370 g/mol. The van der Waals surface area contributed by atoms with Gasteiger partial charge in [0.15, 0.2) is 0 Å². The molecule has 0 unspecified atom stereocenters. The number of piperidine rings is 1. The first-order valence-electron chi connectivity index (χ1n) is 8.87. The molecule has 25 heavy (non-hydrogen) atoms. The zero-order valence-electron chi connectivity index (χ0n) is 15.4. The van der Waals surface area contributed by atoms with Gasteiger partial charge in [-0.3, -0.25) is 4.79 Å². The summed E-state index contributed by atoms with van der Waals surface area (Å²) in [4.78, 5) is 12.4. The summed E-state index contributed by atoms with van der Waals surface area (Å²) >= 11 is 0. The summed E-state index contributed by atoms with van der Waals surface area (Å²) in [5, 5.41) is 6.42. The summed E-state index contributed by atoms with van der Waals surface area (Å²) in [6.07, 6.45) is 2.02. The van der Waals surface area contributed by atoms with E-state index in [9.17, 15) is 4.79 Å². The molecule has 0 aromatic heterocycles. The van der Waals surface area contributed by atoms with Gasteiger partial charge in [0.1, 0.15) is 0 Å². The molecule has 142 valence electrons. The minimum absolute atomic E-state index is 0. The highest BCUT2D eigenvalue weighted by molar-refractivity contribution is 5.92. The van der Waals surface area contributed by atoms with Crippen molar-refractivity contribution in [2.24, 2.45) is 5.92 Å². The van der Waals surface area contributed by atoms with E-state index >= 15 is 0 Å². The molecule has 2 rings (SSSR count). The van der Waals surface area contributed by atoms with Crippen molar-refractivity contribution in [1.82, 2.24) is 5.32 Å². The fourth-order valence-electron chi connectivity index (χ4n) is 2.89. The molecule has 0 bridgehead atoms. The first-order chi connectivity index (χ1) is 11.5. The van der Waals surface area contributed by atoms with Crippen LogP contribution in [0.4, 0.5) is 5.69 Å². The van der Waals surface area contributed by atoms with Crippen LogP contribution < -0.4 is 10.6 Å². The number of carbonyl (C=O) groups excluding carboxylic acids is 1. The molecule has 1 aliphatic heterocycles. The molecule has 1 saturated heterocycles. The molecule has 2 N–H and O–H groups in total. The summed E-state index contributed by atoms with van der Waals surface area (Å²) < 4.78 is 11.1. The van der Waals surface area contributed by atoms with E-state index in [0.29, 0.717) is 25.9 Å². The van der Waals surface area contributed by atoms with Gasteiger partial charge in [-0.05, 0) is 57.9 Å². The van der Waals surface area contributed by atoms with E-state index in [4.69, 9.17) is 9.47 Å². The van der Waals surface area contributed by atoms with Crippen molar-refractivity contribution in [2.45, 2.75) is 52.4 Å². The Morgan fingerprint density at radius 3 is 2.88 bits per heavy atom. The third-order valence-electron chi connectivity index (χ3n) is 4.14. The molecule has 1 fully saturated rings. The predicted molar refractivity (Wildman–Crippen MR) is 103 cm³/mol. The lowest BCUT2D eigenvalue weighted by Crippen LogP contribution is -2.40. The van der Waals surface area contributed by atoms with Gasteiger partial charge in [0.25, 0.3) is 0 Å². The van der Waals surface area contributed by atoms with E-state index in [2.05, 4.69) is 17.6 Å². The predicted octanol–water partition coefficient (Wildman–Crippen LogP) is 3.38. The minimum atomic E-state index is 0. The summed E-state index contributed by atoms with van der Waals surface area (Å²) in [5.41, 5.74) is 1.89. The highest BCUT2D eigenvalue weighted by atomic mass is 35.5. The molecule has 5 nitrogen and oxygen atoms in total. The number of benzene rings is 1. The molecular formula is C19H31ClN2O3. The number of nitrogens with one attached hydrogen (secondary N) is 2. The zero-order chi connectivity index (χ0) is 17.4. The van der Waals surface area contributed by atoms with Gasteiger partial charge < -0.3 is 20.1 Å². The third-order valence-corrected chi connectivity index (χ3v) is 4.14. The molecule has 6 heteroatoms. The Morgan fingerprint density at radius 1 is 1.36 bits per heavy atom. The van der Waals surface area contributed by atoms with Crippen molar-refractivity contribution in [3.05, 3.63) is 29.8 Å². The van der Waals surface area contributed by atoms with Crippen LogP contribution in [0.25, 0.3) is 0 Å². The van der Waals surface area contributed by atoms with Gasteiger partial charge in [0.05, 0.1) is 25.9 Å². The standard InChI is InChI=1S/C19H30N2O3.ClH/c1-14(2)24-10-9-23-13-16-5-4-6-18(12-16)21-19(22)17-7-8-20-15(3)11-17;/h4-6,12,14-15,17,20H,7-11,13H2,1-3H3,(H,21,22);1H/t15-,17-;/m0./s1. The van der Waals surface area contributed by atoms with Crippen LogP contribution in [-0.2, 0) is 20.9 Å². The van der Waals surface area contributed by atoms with E-state index in [1.165, 1.54) is 0 Å². The number of amides is 1. The number of hydrogen-bond acceptors (Lipinski definition) is 4. The Hall–Kier alpha value is -1.14. The normalized spacial score (nSPS) is 20.2. The van der Waals surface area contributed by atoms with Gasteiger partial charge >= 0.3 is 0 Å². The Morgan fingerprint density at radius 2 is 2.16 bits per heavy atom. The Balaban J connectivity index is 0.00000312. The van der Waals surface area contributed by atoms with E-state index in [1.807, 2.05) is 38.1 Å². The zero-order valence-corrected chi connectivity index (χ0v) is 16.2. The second kappa shape index (κ2) is 11.5. The summed E-state index contributed by atoms with van der Waals surface area (Å²) in [6.45, 7) is 8.75. The van der Waals surface area contributed by atoms with Crippen LogP contribution in [0.2, 0.25) is 0 Å². The maximum absolute atomic E-state index is 12.4. The van der Waals surface area contributed by atoms with Gasteiger partial charge in [0, 0.05) is 17.6 Å². The topological polar surface area (TPSA) is 59.6 Å². The van der Waals surface area contributed by atoms with Crippen LogP contribution >= 0.6 is 12.4 Å². The molecular weight excluding hydrogens is 340 g/mol. The number of rotatable bonds is 8. The summed E-state index contributed by atoms with van der Waals surface area (Å²) in [5.74, 6) is 0.209. The highest BCUT2D eigenvalue weighted by Crippen LogP contribution is 2.19. The molecule has 0 radical (unpaired) electrons. The molecule has 1 aliphatic rings. The van der Waals surface area contributed by atoms with Gasteiger partial charge in [0.2, 0.25) is 5.91 Å². The fraction of sp³-hybridized carbons (Fsp3) is 0.632. The fourth-order valence-corrected chi connectivity index (χ4v) is 2.89. The average Bonchev–Trinajstić information content (AvgIpc) is 2.54. The van der Waals surface area contributed by atoms with Crippen LogP contribution in [0.5, 0.6) is 0 Å². The van der Waals surface area contributed by atoms with Crippen LogP contribution in [0.1, 0.15) is 39.2 Å². The van der Waals surface area contributed by atoms with Crippen LogP contribution in [-0.4, -0.2) is 37.8 Å². The second-order valence-electron chi connectivity index (χ2n) is 6.74. The highest BCUT2D eigenvalue weighted by Gasteiger charge is 2.24. The molecule has 0 saturated carbocycles. The Kier molecular flexibility index (Phi) is 10.0. The Bertz CT molecular complexity index is 525. The van der Waals surface area contributed by atoms with Crippen LogP contribution in [0.3, 0.4) is 0 Å². The van der Waals surface area contributed by atoms with Gasteiger partial charge in [-0.15, -0.1) is 12.4 Å². The summed E-state index contributed by atoms with van der Waals surface area (Å²) in [6, 6.07) is 8.26. The molecule has 2 atom stereocenters. The molecule has 1 heterocycles. The van der Waals surface area contributed by atoms with Crippen molar-refractivity contribution in [2.75, 3.05) is 25.1 Å². The van der Waals surface area contributed by atoms with Crippen molar-refractivity contribution in [3.8, 4) is 0 Å². The number of ether oxygens (including phenoxy) is 2.